The van der Waals surface area contributed by atoms with Gasteiger partial charge < -0.3 is 11.1 Å². The highest BCUT2D eigenvalue weighted by molar-refractivity contribution is 9.10. The Bertz CT molecular complexity index is 381. The van der Waals surface area contributed by atoms with Gasteiger partial charge in [-0.1, -0.05) is 41.4 Å². The molecule has 1 amide bonds. The average molecular weight is 299 g/mol. The smallest absolute Gasteiger partial charge is 0.237 e. The van der Waals surface area contributed by atoms with E-state index in [1.165, 1.54) is 0 Å². The summed E-state index contributed by atoms with van der Waals surface area (Å²) in [7, 11) is 0. The molecule has 1 rings (SSSR count). The molecule has 17 heavy (non-hydrogen) atoms. The van der Waals surface area contributed by atoms with Crippen LogP contribution in [0.3, 0.4) is 0 Å². The van der Waals surface area contributed by atoms with Gasteiger partial charge in [-0.05, 0) is 31.0 Å². The summed E-state index contributed by atoms with van der Waals surface area (Å²) in [6.07, 6.45) is 1.64. The highest BCUT2D eigenvalue weighted by Gasteiger charge is 2.15. The second kappa shape index (κ2) is 6.77. The Kier molecular flexibility index (Phi) is 5.65. The number of carbonyl (C=O) groups excluding carboxylic acids is 1. The predicted octanol–water partition coefficient (Wildman–Crippen LogP) is 2.75. The summed E-state index contributed by atoms with van der Waals surface area (Å²) in [6, 6.07) is 7.46. The third-order valence-electron chi connectivity index (χ3n) is 2.64. The zero-order valence-corrected chi connectivity index (χ0v) is 11.8. The fraction of sp³-hybridized carbons (Fsp3) is 0.462. The van der Waals surface area contributed by atoms with E-state index in [-0.39, 0.29) is 11.9 Å². The molecule has 3 nitrogen and oxygen atoms in total. The summed E-state index contributed by atoms with van der Waals surface area (Å²) in [5, 5.41) is 2.92. The van der Waals surface area contributed by atoms with Crippen LogP contribution in [0.15, 0.2) is 28.7 Å². The van der Waals surface area contributed by atoms with Crippen LogP contribution in [0.1, 0.15) is 38.3 Å². The zero-order chi connectivity index (χ0) is 12.8. The maximum atomic E-state index is 11.8. The Labute approximate surface area is 111 Å². The topological polar surface area (TPSA) is 55.1 Å². The lowest BCUT2D eigenvalue weighted by Crippen LogP contribution is -2.41. The van der Waals surface area contributed by atoms with E-state index in [0.717, 1.165) is 22.9 Å². The summed E-state index contributed by atoms with van der Waals surface area (Å²) >= 11 is 3.41. The molecule has 0 fully saturated rings. The first-order valence-corrected chi connectivity index (χ1v) is 6.65. The normalized spacial score (nSPS) is 14.1. The molecule has 0 aliphatic rings. The molecule has 0 aliphatic heterocycles. The highest BCUT2D eigenvalue weighted by atomic mass is 79.9. The molecule has 4 heteroatoms. The first-order chi connectivity index (χ1) is 8.04. The van der Waals surface area contributed by atoms with Gasteiger partial charge in [0.25, 0.3) is 0 Å². The van der Waals surface area contributed by atoms with E-state index in [1.54, 1.807) is 0 Å². The second-order valence-electron chi connectivity index (χ2n) is 4.18. The lowest BCUT2D eigenvalue weighted by Gasteiger charge is -2.17. The minimum absolute atomic E-state index is 0.0251. The Morgan fingerprint density at radius 2 is 2.24 bits per heavy atom. The van der Waals surface area contributed by atoms with Crippen molar-refractivity contribution >= 4 is 21.8 Å². The van der Waals surface area contributed by atoms with Gasteiger partial charge in [0.2, 0.25) is 5.91 Å². The Hall–Kier alpha value is -0.870. The third kappa shape index (κ3) is 4.48. The molecule has 0 bridgehead atoms. The monoisotopic (exact) mass is 298 g/mol. The molecule has 1 unspecified atom stereocenters. The van der Waals surface area contributed by atoms with Crippen molar-refractivity contribution in [3.05, 3.63) is 34.3 Å². The van der Waals surface area contributed by atoms with Gasteiger partial charge in [-0.15, -0.1) is 0 Å². The number of amides is 1. The Morgan fingerprint density at radius 3 is 2.82 bits per heavy atom. The SMILES string of the molecule is CCC[C@H](N)C(=O)NC(C)c1cccc(Br)c1. The van der Waals surface area contributed by atoms with Gasteiger partial charge >= 0.3 is 0 Å². The fourth-order valence-corrected chi connectivity index (χ4v) is 2.04. The van der Waals surface area contributed by atoms with Crippen LogP contribution < -0.4 is 11.1 Å². The van der Waals surface area contributed by atoms with Crippen molar-refractivity contribution < 1.29 is 4.79 Å². The minimum atomic E-state index is -0.408. The number of rotatable bonds is 5. The van der Waals surface area contributed by atoms with Crippen LogP contribution in [0.5, 0.6) is 0 Å². The molecule has 2 atom stereocenters. The van der Waals surface area contributed by atoms with Gasteiger partial charge in [0.05, 0.1) is 12.1 Å². The summed E-state index contributed by atoms with van der Waals surface area (Å²) < 4.78 is 1.01. The number of benzene rings is 1. The zero-order valence-electron chi connectivity index (χ0n) is 10.2. The summed E-state index contributed by atoms with van der Waals surface area (Å²) in [6.45, 7) is 3.98. The molecule has 0 spiro atoms. The first kappa shape index (κ1) is 14.2. The van der Waals surface area contributed by atoms with Crippen LogP contribution in [0, 0.1) is 0 Å². The maximum absolute atomic E-state index is 11.8. The van der Waals surface area contributed by atoms with E-state index < -0.39 is 6.04 Å². The maximum Gasteiger partial charge on any atom is 0.237 e. The van der Waals surface area contributed by atoms with Crippen LogP contribution in [0.4, 0.5) is 0 Å². The first-order valence-electron chi connectivity index (χ1n) is 5.86. The molecule has 0 saturated carbocycles. The van der Waals surface area contributed by atoms with E-state index >= 15 is 0 Å². The van der Waals surface area contributed by atoms with Crippen LogP contribution in [-0.4, -0.2) is 11.9 Å². The Balaban J connectivity index is 2.60. The van der Waals surface area contributed by atoms with Gasteiger partial charge in [-0.2, -0.15) is 0 Å². The summed E-state index contributed by atoms with van der Waals surface area (Å²) in [4.78, 5) is 11.8. The van der Waals surface area contributed by atoms with Crippen molar-refractivity contribution in [3.8, 4) is 0 Å². The molecule has 1 aromatic rings. The molecule has 94 valence electrons. The largest absolute Gasteiger partial charge is 0.348 e. The van der Waals surface area contributed by atoms with Gasteiger partial charge in [0.1, 0.15) is 0 Å². The second-order valence-corrected chi connectivity index (χ2v) is 5.10. The summed E-state index contributed by atoms with van der Waals surface area (Å²) in [5.41, 5.74) is 6.83. The molecular formula is C13H19BrN2O. The number of nitrogens with two attached hydrogens (primary N) is 1. The number of nitrogens with one attached hydrogen (secondary N) is 1. The van der Waals surface area contributed by atoms with Crippen molar-refractivity contribution in [2.24, 2.45) is 5.73 Å². The standard InChI is InChI=1S/C13H19BrN2O/c1-3-5-12(15)13(17)16-9(2)10-6-4-7-11(14)8-10/h4,6-9,12H,3,5,15H2,1-2H3,(H,16,17)/t9?,12-/m0/s1. The van der Waals surface area contributed by atoms with Crippen molar-refractivity contribution in [1.82, 2.24) is 5.32 Å². The van der Waals surface area contributed by atoms with Crippen LogP contribution in [0.2, 0.25) is 0 Å². The third-order valence-corrected chi connectivity index (χ3v) is 3.14. The molecule has 3 N–H and O–H groups in total. The van der Waals surface area contributed by atoms with Crippen LogP contribution in [-0.2, 0) is 4.79 Å². The Morgan fingerprint density at radius 1 is 1.53 bits per heavy atom. The molecular weight excluding hydrogens is 280 g/mol. The van der Waals surface area contributed by atoms with Crippen LogP contribution in [0.25, 0.3) is 0 Å². The van der Waals surface area contributed by atoms with Gasteiger partial charge in [-0.25, -0.2) is 0 Å². The minimum Gasteiger partial charge on any atom is -0.348 e. The number of halogens is 1. The van der Waals surface area contributed by atoms with E-state index in [4.69, 9.17) is 5.73 Å². The highest BCUT2D eigenvalue weighted by Crippen LogP contribution is 2.17. The molecule has 0 radical (unpaired) electrons. The molecule has 0 aromatic heterocycles. The van der Waals surface area contributed by atoms with Gasteiger partial charge in [0, 0.05) is 4.47 Å². The van der Waals surface area contributed by atoms with Crippen molar-refractivity contribution in [2.75, 3.05) is 0 Å². The van der Waals surface area contributed by atoms with Crippen molar-refractivity contribution in [1.29, 1.82) is 0 Å². The predicted molar refractivity (Wildman–Crippen MR) is 73.6 cm³/mol. The van der Waals surface area contributed by atoms with E-state index in [2.05, 4.69) is 21.2 Å². The number of carbonyl (C=O) groups is 1. The van der Waals surface area contributed by atoms with Gasteiger partial charge in [0.15, 0.2) is 0 Å². The molecule has 0 aliphatic carbocycles. The van der Waals surface area contributed by atoms with Crippen molar-refractivity contribution in [2.45, 2.75) is 38.8 Å². The van der Waals surface area contributed by atoms with Crippen molar-refractivity contribution in [3.63, 3.8) is 0 Å². The molecule has 0 heterocycles. The van der Waals surface area contributed by atoms with E-state index in [9.17, 15) is 4.79 Å². The van der Waals surface area contributed by atoms with Gasteiger partial charge in [-0.3, -0.25) is 4.79 Å². The average Bonchev–Trinajstić information content (AvgIpc) is 2.29. The lowest BCUT2D eigenvalue weighted by molar-refractivity contribution is -0.123. The summed E-state index contributed by atoms with van der Waals surface area (Å²) in [5.74, 6) is -0.0840. The van der Waals surface area contributed by atoms with Crippen LogP contribution >= 0.6 is 15.9 Å². The lowest BCUT2D eigenvalue weighted by atomic mass is 10.1. The number of hydrogen-bond donors (Lipinski definition) is 2. The quantitative estimate of drug-likeness (QED) is 0.878. The molecule has 0 saturated heterocycles. The van der Waals surface area contributed by atoms with E-state index in [1.807, 2.05) is 38.1 Å². The molecule has 1 aromatic carbocycles. The van der Waals surface area contributed by atoms with E-state index in [0.29, 0.717) is 0 Å². The fourth-order valence-electron chi connectivity index (χ4n) is 1.62. The number of hydrogen-bond acceptors (Lipinski definition) is 2.